The van der Waals surface area contributed by atoms with E-state index < -0.39 is 28.1 Å². The molecule has 0 bridgehead atoms. The second-order valence-corrected chi connectivity index (χ2v) is 9.27. The normalized spacial score (nSPS) is 11.9. The van der Waals surface area contributed by atoms with Gasteiger partial charge >= 0.3 is 12.3 Å². The van der Waals surface area contributed by atoms with Crippen LogP contribution < -0.4 is 9.04 Å². The summed E-state index contributed by atoms with van der Waals surface area (Å²) in [5, 5.41) is 0. The number of ether oxygens (including phenoxy) is 2. The van der Waals surface area contributed by atoms with E-state index in [1.165, 1.54) is 62.0 Å². The van der Waals surface area contributed by atoms with Crippen LogP contribution in [0.5, 0.6) is 5.75 Å². The first-order valence-corrected chi connectivity index (χ1v) is 11.9. The summed E-state index contributed by atoms with van der Waals surface area (Å²) < 4.78 is 80.5. The Morgan fingerprint density at radius 1 is 1.03 bits per heavy atom. The van der Waals surface area contributed by atoms with E-state index in [0.717, 1.165) is 16.4 Å². The van der Waals surface area contributed by atoms with Gasteiger partial charge in [-0.3, -0.25) is 0 Å². The molecular weight excluding hydrogens is 501 g/mol. The van der Waals surface area contributed by atoms with Crippen molar-refractivity contribution in [1.82, 2.24) is 4.98 Å². The molecule has 0 fully saturated rings. The van der Waals surface area contributed by atoms with Crippen LogP contribution in [0.3, 0.4) is 0 Å². The summed E-state index contributed by atoms with van der Waals surface area (Å²) >= 11 is 0. The smallest absolute Gasteiger partial charge is 0.465 e. The Bertz CT molecular complexity index is 1520. The zero-order valence-electron chi connectivity index (χ0n) is 18.9. The van der Waals surface area contributed by atoms with Gasteiger partial charge in [0.15, 0.2) is 12.0 Å². The zero-order chi connectivity index (χ0) is 26.1. The molecule has 188 valence electrons. The molecule has 8 nitrogen and oxygen atoms in total. The Morgan fingerprint density at radius 3 is 2.36 bits per heavy atom. The fourth-order valence-electron chi connectivity index (χ4n) is 3.61. The van der Waals surface area contributed by atoms with Crippen LogP contribution in [0.4, 0.5) is 24.5 Å². The number of carbonyl (C=O) groups excluding carboxylic acids is 1. The number of alkyl halides is 3. The Kier molecular flexibility index (Phi) is 6.63. The number of hydrogen-bond donors (Lipinski definition) is 0. The Balaban J connectivity index is 1.87. The lowest BCUT2D eigenvalue weighted by Gasteiger charge is -2.25. The third-order valence-electron chi connectivity index (χ3n) is 5.26. The maximum Gasteiger partial charge on any atom is 0.573 e. The average molecular weight is 520 g/mol. The quantitative estimate of drug-likeness (QED) is 0.293. The minimum atomic E-state index is -4.91. The first kappa shape index (κ1) is 25.0. The van der Waals surface area contributed by atoms with Gasteiger partial charge in [0.1, 0.15) is 11.3 Å². The number of aromatic nitrogens is 1. The highest BCUT2D eigenvalue weighted by Gasteiger charge is 2.32. The van der Waals surface area contributed by atoms with Crippen LogP contribution in [-0.2, 0) is 21.2 Å². The molecule has 3 aromatic carbocycles. The number of carbonyl (C=O) groups is 1. The van der Waals surface area contributed by atoms with Crippen molar-refractivity contribution in [2.24, 2.45) is 0 Å². The van der Waals surface area contributed by atoms with Crippen molar-refractivity contribution in [3.63, 3.8) is 0 Å². The Morgan fingerprint density at radius 2 is 1.72 bits per heavy atom. The molecule has 0 aliphatic rings. The predicted molar refractivity (Wildman–Crippen MR) is 124 cm³/mol. The van der Waals surface area contributed by atoms with Crippen LogP contribution in [0.2, 0.25) is 0 Å². The van der Waals surface area contributed by atoms with Crippen molar-refractivity contribution in [2.75, 3.05) is 11.4 Å². The molecule has 0 unspecified atom stereocenters. The van der Waals surface area contributed by atoms with E-state index in [-0.39, 0.29) is 21.8 Å². The third-order valence-corrected chi connectivity index (χ3v) is 7.01. The fraction of sp³-hybridized carbons (Fsp3) is 0.167. The van der Waals surface area contributed by atoms with E-state index in [9.17, 15) is 26.4 Å². The summed E-state index contributed by atoms with van der Waals surface area (Å²) in [7, 11) is -3.20. The molecule has 1 heterocycles. The number of sulfonamides is 1. The third kappa shape index (κ3) is 4.98. The molecule has 0 spiro atoms. The molecule has 0 N–H and O–H groups in total. The highest BCUT2D eigenvalue weighted by Crippen LogP contribution is 2.36. The predicted octanol–water partition coefficient (Wildman–Crippen LogP) is 5.60. The number of aryl methyl sites for hydroxylation is 1. The molecule has 0 atom stereocenters. The number of anilines is 2. The van der Waals surface area contributed by atoms with Crippen LogP contribution in [-0.4, -0.2) is 32.8 Å². The van der Waals surface area contributed by atoms with Crippen molar-refractivity contribution in [1.29, 1.82) is 0 Å². The standard InChI is InChI=1S/C24H19F3N2O6S/c1-3-15-4-10-19(13-20(15)23(30)33-2)36(31,32)29(17-7-11-22-21(12-17)28-14-34-22)16-5-8-18(9-6-16)35-24(25,26)27/h4-14H,3H2,1-2H3. The number of oxazole rings is 1. The topological polar surface area (TPSA) is 98.9 Å². The number of rotatable bonds is 7. The highest BCUT2D eigenvalue weighted by atomic mass is 32.2. The van der Waals surface area contributed by atoms with E-state index in [1.807, 2.05) is 0 Å². The largest absolute Gasteiger partial charge is 0.573 e. The lowest BCUT2D eigenvalue weighted by molar-refractivity contribution is -0.274. The van der Waals surface area contributed by atoms with Gasteiger partial charge in [-0.2, -0.15) is 0 Å². The first-order valence-electron chi connectivity index (χ1n) is 10.5. The van der Waals surface area contributed by atoms with Gasteiger partial charge in [0.25, 0.3) is 10.0 Å². The molecule has 4 rings (SSSR count). The van der Waals surface area contributed by atoms with Crippen molar-refractivity contribution in [3.8, 4) is 5.75 Å². The number of halogens is 3. The minimum absolute atomic E-state index is 0.0200. The van der Waals surface area contributed by atoms with E-state index in [1.54, 1.807) is 6.92 Å². The SMILES string of the molecule is CCc1ccc(S(=O)(=O)N(c2ccc(OC(F)(F)F)cc2)c2ccc3ocnc3c2)cc1C(=O)OC. The van der Waals surface area contributed by atoms with Crippen LogP contribution in [0, 0.1) is 0 Å². The molecule has 0 aliphatic heterocycles. The summed E-state index contributed by atoms with van der Waals surface area (Å²) in [5.74, 6) is -1.22. The van der Waals surface area contributed by atoms with Crippen LogP contribution in [0.25, 0.3) is 11.1 Å². The first-order chi connectivity index (χ1) is 17.0. The maximum absolute atomic E-state index is 13.9. The van der Waals surface area contributed by atoms with Gasteiger partial charge in [0, 0.05) is 0 Å². The van der Waals surface area contributed by atoms with Crippen LogP contribution >= 0.6 is 0 Å². The summed E-state index contributed by atoms with van der Waals surface area (Å²) in [6, 6.07) is 12.9. The van der Waals surface area contributed by atoms with E-state index >= 15 is 0 Å². The van der Waals surface area contributed by atoms with Crippen molar-refractivity contribution in [3.05, 3.63) is 78.2 Å². The molecule has 4 aromatic rings. The monoisotopic (exact) mass is 520 g/mol. The minimum Gasteiger partial charge on any atom is -0.465 e. The Hall–Kier alpha value is -4.06. The van der Waals surface area contributed by atoms with Gasteiger partial charge in [-0.25, -0.2) is 22.5 Å². The number of hydrogen-bond acceptors (Lipinski definition) is 7. The van der Waals surface area contributed by atoms with Crippen LogP contribution in [0.1, 0.15) is 22.8 Å². The second kappa shape index (κ2) is 9.53. The molecule has 0 saturated carbocycles. The van der Waals surface area contributed by atoms with Crippen LogP contribution in [0.15, 0.2) is 76.4 Å². The van der Waals surface area contributed by atoms with Gasteiger partial charge in [0.2, 0.25) is 0 Å². The lowest BCUT2D eigenvalue weighted by atomic mass is 10.1. The number of benzene rings is 3. The van der Waals surface area contributed by atoms with Gasteiger partial charge < -0.3 is 13.9 Å². The molecular formula is C24H19F3N2O6S. The molecule has 0 saturated heterocycles. The molecule has 1 aromatic heterocycles. The molecule has 12 heteroatoms. The summed E-state index contributed by atoms with van der Waals surface area (Å²) in [6.07, 6.45) is -3.25. The zero-order valence-corrected chi connectivity index (χ0v) is 19.8. The Labute approximate surface area is 203 Å². The van der Waals surface area contributed by atoms with E-state index in [0.29, 0.717) is 23.1 Å². The van der Waals surface area contributed by atoms with E-state index in [2.05, 4.69) is 9.72 Å². The number of fused-ring (bicyclic) bond motifs is 1. The van der Waals surface area contributed by atoms with Gasteiger partial charge in [0.05, 0.1) is 28.9 Å². The number of esters is 1. The maximum atomic E-state index is 13.9. The van der Waals surface area contributed by atoms with Crippen molar-refractivity contribution >= 4 is 38.5 Å². The summed E-state index contributed by atoms with van der Waals surface area (Å²) in [4.78, 5) is 16.1. The molecule has 0 radical (unpaired) electrons. The van der Waals surface area contributed by atoms with Gasteiger partial charge in [-0.1, -0.05) is 13.0 Å². The van der Waals surface area contributed by atoms with Gasteiger partial charge in [-0.15, -0.1) is 13.2 Å². The molecule has 36 heavy (non-hydrogen) atoms. The fourth-order valence-corrected chi connectivity index (χ4v) is 5.12. The second-order valence-electron chi connectivity index (χ2n) is 7.48. The number of nitrogens with zero attached hydrogens (tertiary/aromatic N) is 2. The average Bonchev–Trinajstić information content (AvgIpc) is 3.31. The summed E-state index contributed by atoms with van der Waals surface area (Å²) in [5.41, 5.74) is 1.60. The molecule has 0 aliphatic carbocycles. The van der Waals surface area contributed by atoms with Crippen molar-refractivity contribution in [2.45, 2.75) is 24.6 Å². The molecule has 0 amide bonds. The highest BCUT2D eigenvalue weighted by molar-refractivity contribution is 7.93. The summed E-state index contributed by atoms with van der Waals surface area (Å²) in [6.45, 7) is 1.81. The lowest BCUT2D eigenvalue weighted by Crippen LogP contribution is -2.27. The number of methoxy groups -OCH3 is 1. The van der Waals surface area contributed by atoms with Gasteiger partial charge in [-0.05, 0) is 66.6 Å². The van der Waals surface area contributed by atoms with E-state index in [4.69, 9.17) is 9.15 Å². The van der Waals surface area contributed by atoms with Crippen molar-refractivity contribution < 1.29 is 40.3 Å².